The van der Waals surface area contributed by atoms with Crippen LogP contribution in [0.15, 0.2) is 30.3 Å². The number of carbonyl (C=O) groups is 1. The minimum Gasteiger partial charge on any atom is -0.465 e. The highest BCUT2D eigenvalue weighted by molar-refractivity contribution is 5.75. The number of benzene rings is 1. The molecule has 1 saturated heterocycles. The van der Waals surface area contributed by atoms with Gasteiger partial charge in [-0.05, 0) is 12.5 Å². The summed E-state index contributed by atoms with van der Waals surface area (Å²) in [6.07, 6.45) is 0. The first-order valence-electron chi connectivity index (χ1n) is 6.99. The Kier molecular flexibility index (Phi) is 6.62. The van der Waals surface area contributed by atoms with Gasteiger partial charge in [0.05, 0.1) is 19.8 Å². The van der Waals surface area contributed by atoms with Crippen LogP contribution in [0.5, 0.6) is 0 Å². The fourth-order valence-corrected chi connectivity index (χ4v) is 2.01. The molecule has 21 heavy (non-hydrogen) atoms. The van der Waals surface area contributed by atoms with Crippen LogP contribution in [0.3, 0.4) is 0 Å². The zero-order valence-corrected chi connectivity index (χ0v) is 12.2. The van der Waals surface area contributed by atoms with Crippen LogP contribution in [0.2, 0.25) is 0 Å². The molecule has 1 atom stereocenters. The summed E-state index contributed by atoms with van der Waals surface area (Å²) in [6, 6.07) is 9.29. The molecule has 1 fully saturated rings. The van der Waals surface area contributed by atoms with Crippen LogP contribution in [-0.2, 0) is 30.3 Å². The van der Waals surface area contributed by atoms with Crippen LogP contribution in [0.1, 0.15) is 12.5 Å². The molecule has 6 nitrogen and oxygen atoms in total. The molecule has 116 valence electrons. The predicted molar refractivity (Wildman–Crippen MR) is 75.1 cm³/mol. The van der Waals surface area contributed by atoms with Gasteiger partial charge in [-0.15, -0.1) is 0 Å². The van der Waals surface area contributed by atoms with Gasteiger partial charge in [0.1, 0.15) is 26.3 Å². The summed E-state index contributed by atoms with van der Waals surface area (Å²) in [5.41, 5.74) is 1.06. The van der Waals surface area contributed by atoms with E-state index in [9.17, 15) is 4.79 Å². The molecule has 2 rings (SSSR count). The zero-order valence-electron chi connectivity index (χ0n) is 12.2. The fourth-order valence-electron chi connectivity index (χ4n) is 2.01. The van der Waals surface area contributed by atoms with Gasteiger partial charge in [-0.1, -0.05) is 30.3 Å². The third kappa shape index (κ3) is 5.09. The normalized spacial score (nSPS) is 17.4. The highest BCUT2D eigenvalue weighted by Gasteiger charge is 2.29. The fraction of sp³-hybridized carbons (Fsp3) is 0.533. The van der Waals surface area contributed by atoms with E-state index in [1.165, 1.54) is 0 Å². The Morgan fingerprint density at radius 1 is 1.29 bits per heavy atom. The molecule has 0 bridgehead atoms. The topological polar surface area (TPSA) is 57.2 Å². The van der Waals surface area contributed by atoms with E-state index in [-0.39, 0.29) is 19.4 Å². The predicted octanol–water partition coefficient (Wildman–Crippen LogP) is 1.36. The second-order valence-corrected chi connectivity index (χ2v) is 4.64. The highest BCUT2D eigenvalue weighted by atomic mass is 16.7. The molecule has 0 amide bonds. The van der Waals surface area contributed by atoms with E-state index in [4.69, 9.17) is 18.9 Å². The Morgan fingerprint density at radius 2 is 2.00 bits per heavy atom. The lowest BCUT2D eigenvalue weighted by Gasteiger charge is -2.32. The van der Waals surface area contributed by atoms with Gasteiger partial charge in [0.25, 0.3) is 0 Å². The number of esters is 1. The highest BCUT2D eigenvalue weighted by Crippen LogP contribution is 2.09. The van der Waals surface area contributed by atoms with Gasteiger partial charge in [-0.2, -0.15) is 0 Å². The van der Waals surface area contributed by atoms with Crippen molar-refractivity contribution >= 4 is 5.97 Å². The van der Waals surface area contributed by atoms with E-state index in [1.54, 1.807) is 11.8 Å². The van der Waals surface area contributed by atoms with Crippen LogP contribution in [0.25, 0.3) is 0 Å². The molecule has 0 aliphatic carbocycles. The first kappa shape index (κ1) is 15.9. The van der Waals surface area contributed by atoms with E-state index in [0.29, 0.717) is 26.7 Å². The van der Waals surface area contributed by atoms with Crippen molar-refractivity contribution in [2.45, 2.75) is 19.6 Å². The van der Waals surface area contributed by atoms with Gasteiger partial charge in [0, 0.05) is 0 Å². The molecule has 1 aromatic rings. The van der Waals surface area contributed by atoms with E-state index in [1.807, 2.05) is 30.3 Å². The molecule has 0 radical (unpaired) electrons. The maximum absolute atomic E-state index is 12.0. The molecule has 0 saturated carbocycles. The lowest BCUT2D eigenvalue weighted by Crippen LogP contribution is -2.49. The van der Waals surface area contributed by atoms with E-state index < -0.39 is 6.04 Å². The van der Waals surface area contributed by atoms with E-state index in [0.717, 1.165) is 5.56 Å². The van der Waals surface area contributed by atoms with Gasteiger partial charge >= 0.3 is 5.97 Å². The van der Waals surface area contributed by atoms with Crippen molar-refractivity contribution in [3.05, 3.63) is 35.9 Å². The number of nitrogens with zero attached hydrogens (tertiary/aromatic N) is 1. The van der Waals surface area contributed by atoms with Gasteiger partial charge in [-0.3, -0.25) is 4.79 Å². The van der Waals surface area contributed by atoms with Crippen LogP contribution in [-0.4, -0.2) is 50.4 Å². The molecule has 0 spiro atoms. The smallest absolute Gasteiger partial charge is 0.325 e. The maximum Gasteiger partial charge on any atom is 0.325 e. The summed E-state index contributed by atoms with van der Waals surface area (Å²) in [5.74, 6) is -0.320. The van der Waals surface area contributed by atoms with Crippen molar-refractivity contribution < 1.29 is 23.7 Å². The van der Waals surface area contributed by atoms with Crippen molar-refractivity contribution in [2.24, 2.45) is 0 Å². The Labute approximate surface area is 124 Å². The number of rotatable bonds is 7. The first-order valence-corrected chi connectivity index (χ1v) is 6.99. The van der Waals surface area contributed by atoms with Crippen LogP contribution in [0, 0.1) is 0 Å². The van der Waals surface area contributed by atoms with Crippen molar-refractivity contribution in [2.75, 3.05) is 33.5 Å². The summed E-state index contributed by atoms with van der Waals surface area (Å²) < 4.78 is 21.1. The standard InChI is InChI=1S/C15H21NO5/c1-2-21-15(17)14(16-10-19-12-20-11-16)9-18-8-13-6-4-3-5-7-13/h3-7,14H,2,8-12H2,1H3/t14-/m0/s1. The zero-order chi connectivity index (χ0) is 14.9. The Morgan fingerprint density at radius 3 is 2.67 bits per heavy atom. The van der Waals surface area contributed by atoms with Crippen molar-refractivity contribution in [3.8, 4) is 0 Å². The van der Waals surface area contributed by atoms with Gasteiger partial charge in [0.15, 0.2) is 0 Å². The summed E-state index contributed by atoms with van der Waals surface area (Å²) in [5, 5.41) is 0. The number of hydrogen-bond donors (Lipinski definition) is 0. The molecule has 0 N–H and O–H groups in total. The third-order valence-electron chi connectivity index (χ3n) is 3.07. The largest absolute Gasteiger partial charge is 0.465 e. The second-order valence-electron chi connectivity index (χ2n) is 4.64. The number of ether oxygens (including phenoxy) is 4. The first-order chi connectivity index (χ1) is 10.3. The SMILES string of the molecule is CCOC(=O)[C@H](COCc1ccccc1)N1COCOC1. The molecule has 1 heterocycles. The third-order valence-corrected chi connectivity index (χ3v) is 3.07. The maximum atomic E-state index is 12.0. The van der Waals surface area contributed by atoms with Gasteiger partial charge < -0.3 is 18.9 Å². The summed E-state index contributed by atoms with van der Waals surface area (Å²) in [7, 11) is 0. The minimum atomic E-state index is -0.519. The average Bonchev–Trinajstić information content (AvgIpc) is 2.53. The molecule has 1 aliphatic rings. The van der Waals surface area contributed by atoms with Crippen LogP contribution < -0.4 is 0 Å². The van der Waals surface area contributed by atoms with E-state index >= 15 is 0 Å². The average molecular weight is 295 g/mol. The summed E-state index contributed by atoms with van der Waals surface area (Å²) in [4.78, 5) is 13.8. The van der Waals surface area contributed by atoms with E-state index in [2.05, 4.69) is 0 Å². The monoisotopic (exact) mass is 295 g/mol. The van der Waals surface area contributed by atoms with Crippen molar-refractivity contribution in [3.63, 3.8) is 0 Å². The summed E-state index contributed by atoms with van der Waals surface area (Å²) in [6.45, 7) is 3.71. The van der Waals surface area contributed by atoms with Crippen molar-refractivity contribution in [1.29, 1.82) is 0 Å². The molecule has 0 aromatic heterocycles. The summed E-state index contributed by atoms with van der Waals surface area (Å²) >= 11 is 0. The Balaban J connectivity index is 1.87. The minimum absolute atomic E-state index is 0.237. The second kappa shape index (κ2) is 8.74. The van der Waals surface area contributed by atoms with Crippen LogP contribution in [0.4, 0.5) is 0 Å². The van der Waals surface area contributed by atoms with Crippen LogP contribution >= 0.6 is 0 Å². The molecule has 1 aromatic carbocycles. The van der Waals surface area contributed by atoms with Crippen molar-refractivity contribution in [1.82, 2.24) is 4.90 Å². The Hall–Kier alpha value is -1.47. The lowest BCUT2D eigenvalue weighted by atomic mass is 10.2. The molecular formula is C15H21NO5. The lowest BCUT2D eigenvalue weighted by molar-refractivity contribution is -0.207. The van der Waals surface area contributed by atoms with Gasteiger partial charge in [-0.25, -0.2) is 4.90 Å². The number of carbonyl (C=O) groups excluding carboxylic acids is 1. The molecule has 0 unspecified atom stereocenters. The number of hydrogen-bond acceptors (Lipinski definition) is 6. The quantitative estimate of drug-likeness (QED) is 0.708. The Bertz CT molecular complexity index is 419. The van der Waals surface area contributed by atoms with Gasteiger partial charge in [0.2, 0.25) is 0 Å². The molecular weight excluding hydrogens is 274 g/mol. The molecule has 1 aliphatic heterocycles. The molecule has 6 heteroatoms.